The molecule has 146 valence electrons. The molecule has 1 aliphatic carbocycles. The van der Waals surface area contributed by atoms with Crippen molar-refractivity contribution < 1.29 is 9.18 Å². The van der Waals surface area contributed by atoms with Crippen molar-refractivity contribution in [3.63, 3.8) is 0 Å². The average molecular weight is 399 g/mol. The van der Waals surface area contributed by atoms with Crippen molar-refractivity contribution in [2.45, 2.75) is 46.6 Å². The van der Waals surface area contributed by atoms with Crippen LogP contribution in [0.3, 0.4) is 0 Å². The van der Waals surface area contributed by atoms with Gasteiger partial charge in [0.15, 0.2) is 5.78 Å². The van der Waals surface area contributed by atoms with Crippen molar-refractivity contribution in [3.05, 3.63) is 69.1 Å². The van der Waals surface area contributed by atoms with Crippen molar-refractivity contribution >= 4 is 28.8 Å². The first-order chi connectivity index (χ1) is 13.1. The van der Waals surface area contributed by atoms with Gasteiger partial charge in [0, 0.05) is 17.7 Å². The summed E-state index contributed by atoms with van der Waals surface area (Å²) in [6.07, 6.45) is 1.23. The Morgan fingerprint density at radius 2 is 1.75 bits per heavy atom. The maximum absolute atomic E-state index is 14.2. The highest BCUT2D eigenvalue weighted by atomic mass is 35.5. The highest BCUT2D eigenvalue weighted by Crippen LogP contribution is 2.46. The van der Waals surface area contributed by atoms with Gasteiger partial charge in [0.1, 0.15) is 5.82 Å². The van der Waals surface area contributed by atoms with Crippen molar-refractivity contribution in [1.29, 1.82) is 0 Å². The van der Waals surface area contributed by atoms with Crippen LogP contribution in [0, 0.1) is 25.1 Å². The Hall–Kier alpha value is -2.33. The number of Topliss-reactive ketones (excluding diaryl/α,β-unsaturated/α-hetero) is 1. The minimum absolute atomic E-state index is 0.0765. The first kappa shape index (κ1) is 19.0. The molecule has 0 fully saturated rings. The number of carbonyl (C=O) groups excluding carboxylic acids is 1. The number of fused-ring (bicyclic) bond motifs is 1. The number of aryl methyl sites for hydroxylation is 2. The summed E-state index contributed by atoms with van der Waals surface area (Å²) in [5.41, 5.74) is 6.34. The smallest absolute Gasteiger partial charge is 0.163 e. The van der Waals surface area contributed by atoms with Gasteiger partial charge in [-0.1, -0.05) is 31.5 Å². The first-order valence-electron chi connectivity index (χ1n) is 9.51. The fraction of sp³-hybridized carbons (Fsp3) is 0.348. The number of ketones is 1. The van der Waals surface area contributed by atoms with Gasteiger partial charge >= 0.3 is 0 Å². The zero-order valence-electron chi connectivity index (χ0n) is 16.5. The van der Waals surface area contributed by atoms with Crippen LogP contribution in [0.4, 0.5) is 15.8 Å². The molecule has 2 aromatic rings. The first-order valence-corrected chi connectivity index (χ1v) is 9.88. The molecule has 2 aromatic carbocycles. The Balaban J connectivity index is 1.91. The van der Waals surface area contributed by atoms with E-state index < -0.39 is 11.9 Å². The van der Waals surface area contributed by atoms with Crippen LogP contribution in [0.1, 0.15) is 49.4 Å². The molecule has 1 heterocycles. The summed E-state index contributed by atoms with van der Waals surface area (Å²) in [5, 5.41) is 7.09. The van der Waals surface area contributed by atoms with Gasteiger partial charge in [0.25, 0.3) is 0 Å². The van der Waals surface area contributed by atoms with Crippen LogP contribution in [0.15, 0.2) is 41.6 Å². The number of benzene rings is 2. The fourth-order valence-corrected chi connectivity index (χ4v) is 4.27. The topological polar surface area (TPSA) is 41.1 Å². The van der Waals surface area contributed by atoms with Crippen LogP contribution in [0.25, 0.3) is 0 Å². The molecule has 0 amide bonds. The van der Waals surface area contributed by atoms with Crippen LogP contribution in [0.5, 0.6) is 0 Å². The van der Waals surface area contributed by atoms with Crippen LogP contribution < -0.4 is 10.6 Å². The van der Waals surface area contributed by atoms with Gasteiger partial charge in [-0.2, -0.15) is 0 Å². The summed E-state index contributed by atoms with van der Waals surface area (Å²) in [4.78, 5) is 13.2. The number of halogens is 2. The summed E-state index contributed by atoms with van der Waals surface area (Å²) in [7, 11) is 0. The van der Waals surface area contributed by atoms with Crippen molar-refractivity contribution in [2.24, 2.45) is 5.41 Å². The summed E-state index contributed by atoms with van der Waals surface area (Å²) in [6.45, 7) is 8.33. The van der Waals surface area contributed by atoms with Crippen LogP contribution in [0.2, 0.25) is 5.02 Å². The van der Waals surface area contributed by atoms with Gasteiger partial charge in [-0.05, 0) is 66.6 Å². The molecule has 0 bridgehead atoms. The predicted molar refractivity (Wildman–Crippen MR) is 112 cm³/mol. The molecule has 0 saturated heterocycles. The van der Waals surface area contributed by atoms with Gasteiger partial charge in [0.2, 0.25) is 0 Å². The lowest BCUT2D eigenvalue weighted by molar-refractivity contribution is -0.118. The maximum Gasteiger partial charge on any atom is 0.163 e. The Kier molecular flexibility index (Phi) is 4.50. The zero-order chi connectivity index (χ0) is 20.2. The molecule has 2 N–H and O–H groups in total. The van der Waals surface area contributed by atoms with Gasteiger partial charge in [0.05, 0.1) is 22.4 Å². The SMILES string of the molecule is Cc1cc2c(cc1C)N[C@@H](c1ccc(Cl)c(F)c1)C1=C(CC(C)(C)CC1=O)N2. The second kappa shape index (κ2) is 6.63. The van der Waals surface area contributed by atoms with Crippen LogP contribution >= 0.6 is 11.6 Å². The van der Waals surface area contributed by atoms with Crippen molar-refractivity contribution in [3.8, 4) is 0 Å². The van der Waals surface area contributed by atoms with E-state index in [0.29, 0.717) is 17.6 Å². The Morgan fingerprint density at radius 1 is 1.07 bits per heavy atom. The van der Waals surface area contributed by atoms with E-state index in [1.165, 1.54) is 11.6 Å². The normalized spacial score (nSPS) is 20.6. The van der Waals surface area contributed by atoms with E-state index in [4.69, 9.17) is 11.6 Å². The van der Waals surface area contributed by atoms with E-state index in [0.717, 1.165) is 29.1 Å². The molecule has 0 unspecified atom stereocenters. The lowest BCUT2D eigenvalue weighted by atomic mass is 9.73. The zero-order valence-corrected chi connectivity index (χ0v) is 17.3. The number of hydrogen-bond donors (Lipinski definition) is 2. The van der Waals surface area contributed by atoms with Gasteiger partial charge in [-0.3, -0.25) is 4.79 Å². The number of allylic oxidation sites excluding steroid dienone is 1. The molecular formula is C23H24ClFN2O. The third kappa shape index (κ3) is 3.30. The van der Waals surface area contributed by atoms with Crippen LogP contribution in [-0.2, 0) is 4.79 Å². The molecule has 1 atom stereocenters. The summed E-state index contributed by atoms with van der Waals surface area (Å²) >= 11 is 5.89. The minimum atomic E-state index is -0.482. The highest BCUT2D eigenvalue weighted by molar-refractivity contribution is 6.30. The molecule has 0 spiro atoms. The fourth-order valence-electron chi connectivity index (χ4n) is 4.15. The number of hydrogen-bond acceptors (Lipinski definition) is 3. The molecule has 1 aliphatic heterocycles. The number of rotatable bonds is 1. The van der Waals surface area contributed by atoms with Gasteiger partial charge in [-0.15, -0.1) is 0 Å². The average Bonchev–Trinajstić information content (AvgIpc) is 2.73. The number of carbonyl (C=O) groups is 1. The van der Waals surface area contributed by atoms with E-state index in [1.54, 1.807) is 12.1 Å². The Labute approximate surface area is 170 Å². The van der Waals surface area contributed by atoms with Crippen molar-refractivity contribution in [1.82, 2.24) is 0 Å². The highest BCUT2D eigenvalue weighted by Gasteiger charge is 2.38. The number of nitrogens with one attached hydrogen (secondary N) is 2. The molecule has 28 heavy (non-hydrogen) atoms. The molecule has 2 aliphatic rings. The molecule has 3 nitrogen and oxygen atoms in total. The van der Waals surface area contributed by atoms with Crippen LogP contribution in [-0.4, -0.2) is 5.78 Å². The van der Waals surface area contributed by atoms with E-state index in [1.807, 2.05) is 0 Å². The molecular weight excluding hydrogens is 375 g/mol. The minimum Gasteiger partial charge on any atom is -0.372 e. The second-order valence-electron chi connectivity index (χ2n) is 8.69. The summed E-state index contributed by atoms with van der Waals surface area (Å²) in [5.74, 6) is -0.392. The Morgan fingerprint density at radius 3 is 2.43 bits per heavy atom. The molecule has 0 aromatic heterocycles. The van der Waals surface area contributed by atoms with Gasteiger partial charge in [-0.25, -0.2) is 4.39 Å². The maximum atomic E-state index is 14.2. The van der Waals surface area contributed by atoms with Gasteiger partial charge < -0.3 is 10.6 Å². The third-order valence-electron chi connectivity index (χ3n) is 5.70. The Bertz CT molecular complexity index is 1030. The van der Waals surface area contributed by atoms with E-state index in [-0.39, 0.29) is 16.2 Å². The molecule has 0 saturated carbocycles. The summed E-state index contributed by atoms with van der Waals surface area (Å²) in [6, 6.07) is 8.49. The third-order valence-corrected chi connectivity index (χ3v) is 6.01. The second-order valence-corrected chi connectivity index (χ2v) is 9.10. The standard InChI is InChI=1S/C23H24ClFN2O/c1-12-7-17-18(8-13(12)2)27-22(14-5-6-15(24)16(25)9-14)21-19(26-17)10-23(3,4)11-20(21)28/h5-9,22,26-27H,10-11H2,1-4H3/t22-/m0/s1. The van der Waals surface area contributed by atoms with E-state index in [9.17, 15) is 9.18 Å². The quantitative estimate of drug-likeness (QED) is 0.590. The lowest BCUT2D eigenvalue weighted by Crippen LogP contribution is -2.31. The molecule has 0 radical (unpaired) electrons. The summed E-state index contributed by atoms with van der Waals surface area (Å²) < 4.78 is 14.2. The largest absolute Gasteiger partial charge is 0.372 e. The monoisotopic (exact) mass is 398 g/mol. The van der Waals surface area contributed by atoms with E-state index in [2.05, 4.69) is 50.5 Å². The molecule has 5 heteroatoms. The lowest BCUT2D eigenvalue weighted by Gasteiger charge is -2.34. The van der Waals surface area contributed by atoms with E-state index >= 15 is 0 Å². The predicted octanol–water partition coefficient (Wildman–Crippen LogP) is 6.32. The number of anilines is 2. The molecule has 4 rings (SSSR count). The van der Waals surface area contributed by atoms with Crippen molar-refractivity contribution in [2.75, 3.05) is 10.6 Å².